The maximum atomic E-state index is 13.4. The molecule has 2 N–H and O–H groups in total. The molecule has 0 fully saturated rings. The Morgan fingerprint density at radius 2 is 0.688 bits per heavy atom. The molecule has 0 aliphatic carbocycles. The Bertz CT molecular complexity index is 619. The van der Waals surface area contributed by atoms with Crippen LogP contribution in [0.1, 0.15) is 0 Å². The van der Waals surface area contributed by atoms with Crippen LogP contribution in [0.4, 0.5) is 57.1 Å². The predicted molar refractivity (Wildman–Crippen MR) is 86.4 cm³/mol. The molecule has 0 aliphatic heterocycles. The molecule has 11 atom stereocenters. The Morgan fingerprint density at radius 1 is 0.500 bits per heavy atom. The van der Waals surface area contributed by atoms with Gasteiger partial charge in [-0.15, -0.1) is 0 Å². The second kappa shape index (κ2) is 14.3. The molecule has 0 rings (SSSR count). The zero-order valence-corrected chi connectivity index (χ0v) is 16.8. The van der Waals surface area contributed by atoms with E-state index < -0.39 is 83.8 Å². The van der Waals surface area contributed by atoms with Gasteiger partial charge in [0.15, 0.2) is 61.7 Å². The monoisotopic (exact) mass is 529 g/mol. The summed E-state index contributed by atoms with van der Waals surface area (Å²) >= 11 is 0. The summed E-state index contributed by atoms with van der Waals surface area (Å²) in [6.45, 7) is 0. The van der Waals surface area contributed by atoms with Crippen LogP contribution in [0.25, 0.3) is 0 Å². The first-order valence-corrected chi connectivity index (χ1v) is 9.76. The summed E-state index contributed by atoms with van der Waals surface area (Å²) in [5, 5.41) is 2.75. The summed E-state index contributed by atoms with van der Waals surface area (Å²) in [5.41, 5.74) is -4.19. The van der Waals surface area contributed by atoms with E-state index in [1.54, 1.807) is 0 Å². The molecule has 4 nitrogen and oxygen atoms in total. The van der Waals surface area contributed by atoms with Crippen molar-refractivity contribution in [3.8, 4) is 0 Å². The zero-order valence-electron chi connectivity index (χ0n) is 16.0. The lowest BCUT2D eigenvalue weighted by molar-refractivity contribution is -0.0775. The molecule has 18 heteroatoms. The molecule has 0 saturated heterocycles. The summed E-state index contributed by atoms with van der Waals surface area (Å²) in [4.78, 5) is 0. The molecule has 11 unspecified atom stereocenters. The van der Waals surface area contributed by atoms with E-state index in [4.69, 9.17) is 4.55 Å². The Labute approximate surface area is 174 Å². The van der Waals surface area contributed by atoms with Crippen molar-refractivity contribution >= 4 is 10.1 Å². The number of nitrogens with one attached hydrogen (secondary N) is 1. The highest BCUT2D eigenvalue weighted by molar-refractivity contribution is 7.86. The average Bonchev–Trinajstić information content (AvgIpc) is 2.72. The number of halogens is 13. The van der Waals surface area contributed by atoms with Crippen molar-refractivity contribution < 1.29 is 70.0 Å². The fourth-order valence-corrected chi connectivity index (χ4v) is 2.33. The minimum Gasteiger partial charge on any atom is -0.323 e. The lowest BCUT2D eigenvalue weighted by Crippen LogP contribution is -2.50. The first-order valence-electron chi connectivity index (χ1n) is 8.26. The lowest BCUT2D eigenvalue weighted by atomic mass is 9.96. The van der Waals surface area contributed by atoms with Crippen LogP contribution in [0.3, 0.4) is 0 Å². The highest BCUT2D eigenvalue weighted by atomic mass is 32.2. The lowest BCUT2D eigenvalue weighted by Gasteiger charge is -2.27. The standard InChI is InChI=1S/C12H13F13O3S.C2H7N/c13-1(3(15)5(17)7(19)9(21)11(23)24)2(14)4(16)6(18)8(20)10(22)12(25)29(26,27)28;1-3-2/h1-12H,(H,26,27,28);3H,1-2H3. The van der Waals surface area contributed by atoms with Gasteiger partial charge >= 0.3 is 10.1 Å². The molecule has 0 aliphatic rings. The van der Waals surface area contributed by atoms with Gasteiger partial charge in [-0.05, 0) is 14.1 Å². The molecule has 0 saturated carbocycles. The normalized spacial score (nSPS) is 22.9. The van der Waals surface area contributed by atoms with E-state index in [0.29, 0.717) is 0 Å². The van der Waals surface area contributed by atoms with Crippen LogP contribution in [0.5, 0.6) is 0 Å². The third-order valence-electron chi connectivity index (χ3n) is 3.51. The SMILES string of the molecule is CNC.O=S(=O)(O)C(F)C(F)C(F)C(F)C(F)C(F)C(F)C(F)C(F)C(F)C(F)C(F)F. The number of hydrogen-bond donors (Lipinski definition) is 2. The van der Waals surface area contributed by atoms with Crippen molar-refractivity contribution in [2.75, 3.05) is 14.1 Å². The molecule has 0 aromatic rings. The van der Waals surface area contributed by atoms with Crippen molar-refractivity contribution in [2.45, 2.75) is 73.6 Å². The molecule has 0 radical (unpaired) electrons. The minimum atomic E-state index is -5.98. The van der Waals surface area contributed by atoms with E-state index in [-0.39, 0.29) is 0 Å². The Balaban J connectivity index is 0. The zero-order chi connectivity index (χ0) is 26.1. The molecule has 196 valence electrons. The van der Waals surface area contributed by atoms with E-state index >= 15 is 0 Å². The molecular formula is C14H20F13NO3S. The fraction of sp³-hybridized carbons (Fsp3) is 1.00. The van der Waals surface area contributed by atoms with E-state index in [0.717, 1.165) is 0 Å². The molecule has 0 heterocycles. The van der Waals surface area contributed by atoms with Crippen LogP contribution in [0.15, 0.2) is 0 Å². The minimum absolute atomic E-state index is 1.88. The summed E-state index contributed by atoms with van der Waals surface area (Å²) < 4.78 is 197. The van der Waals surface area contributed by atoms with Crippen LogP contribution < -0.4 is 5.32 Å². The first kappa shape index (κ1) is 33.1. The van der Waals surface area contributed by atoms with E-state index in [9.17, 15) is 65.5 Å². The third kappa shape index (κ3) is 9.44. The molecule has 0 aromatic carbocycles. The summed E-state index contributed by atoms with van der Waals surface area (Å²) in [7, 11) is -2.23. The smallest absolute Gasteiger partial charge is 0.300 e. The van der Waals surface area contributed by atoms with Gasteiger partial charge in [0.25, 0.3) is 11.9 Å². The predicted octanol–water partition coefficient (Wildman–Crippen LogP) is 3.65. The first-order chi connectivity index (χ1) is 14.4. The highest BCUT2D eigenvalue weighted by Crippen LogP contribution is 2.31. The number of rotatable bonds is 12. The Kier molecular flexibility index (Phi) is 14.8. The van der Waals surface area contributed by atoms with Crippen LogP contribution in [-0.4, -0.2) is 101 Å². The van der Waals surface area contributed by atoms with E-state index in [2.05, 4.69) is 5.32 Å². The topological polar surface area (TPSA) is 66.4 Å². The van der Waals surface area contributed by atoms with Gasteiger partial charge < -0.3 is 5.32 Å². The van der Waals surface area contributed by atoms with Gasteiger partial charge in [0.05, 0.1) is 0 Å². The maximum Gasteiger partial charge on any atom is 0.300 e. The van der Waals surface area contributed by atoms with Gasteiger partial charge in [-0.2, -0.15) is 8.42 Å². The van der Waals surface area contributed by atoms with Gasteiger partial charge in [0.1, 0.15) is 0 Å². The molecule has 0 spiro atoms. The van der Waals surface area contributed by atoms with Gasteiger partial charge in [0, 0.05) is 0 Å². The Hall–Kier alpha value is -1.04. The third-order valence-corrected chi connectivity index (χ3v) is 4.34. The summed E-state index contributed by atoms with van der Waals surface area (Å²) in [5.74, 6) is 0. The second-order valence-electron chi connectivity index (χ2n) is 6.14. The van der Waals surface area contributed by atoms with Crippen LogP contribution >= 0.6 is 0 Å². The van der Waals surface area contributed by atoms with Gasteiger partial charge in [-0.1, -0.05) is 0 Å². The van der Waals surface area contributed by atoms with E-state index in [1.165, 1.54) is 0 Å². The molecule has 0 amide bonds. The van der Waals surface area contributed by atoms with Crippen molar-refractivity contribution in [2.24, 2.45) is 0 Å². The summed E-state index contributed by atoms with van der Waals surface area (Å²) in [6, 6.07) is 0. The molecular weight excluding hydrogens is 509 g/mol. The van der Waals surface area contributed by atoms with Crippen molar-refractivity contribution in [3.05, 3.63) is 0 Å². The molecule has 0 bridgehead atoms. The highest BCUT2D eigenvalue weighted by Gasteiger charge is 2.52. The van der Waals surface area contributed by atoms with Crippen LogP contribution in [-0.2, 0) is 10.1 Å². The quantitative estimate of drug-likeness (QED) is 0.299. The average molecular weight is 529 g/mol. The Morgan fingerprint density at radius 3 is 0.875 bits per heavy atom. The number of hydrogen-bond acceptors (Lipinski definition) is 3. The summed E-state index contributed by atoms with van der Waals surface area (Å²) in [6.07, 6.45) is -46.1. The second-order valence-corrected chi connectivity index (χ2v) is 7.63. The van der Waals surface area contributed by atoms with Crippen molar-refractivity contribution in [1.82, 2.24) is 5.32 Å². The van der Waals surface area contributed by atoms with Crippen LogP contribution in [0.2, 0.25) is 0 Å². The largest absolute Gasteiger partial charge is 0.323 e. The van der Waals surface area contributed by atoms with Crippen molar-refractivity contribution in [3.63, 3.8) is 0 Å². The number of alkyl halides is 13. The van der Waals surface area contributed by atoms with E-state index in [1.807, 2.05) is 14.1 Å². The molecule has 0 aromatic heterocycles. The fourth-order valence-electron chi connectivity index (χ4n) is 1.85. The van der Waals surface area contributed by atoms with Crippen LogP contribution in [0, 0.1) is 0 Å². The van der Waals surface area contributed by atoms with Crippen molar-refractivity contribution in [1.29, 1.82) is 0 Å². The van der Waals surface area contributed by atoms with Gasteiger partial charge in [-0.3, -0.25) is 4.55 Å². The maximum absolute atomic E-state index is 13.4. The van der Waals surface area contributed by atoms with Gasteiger partial charge in [-0.25, -0.2) is 57.1 Å². The molecule has 32 heavy (non-hydrogen) atoms. The van der Waals surface area contributed by atoms with Gasteiger partial charge in [0.2, 0.25) is 0 Å².